The summed E-state index contributed by atoms with van der Waals surface area (Å²) in [6.45, 7) is 5.50. The molecule has 2 N–H and O–H groups in total. The average molecular weight is 448 g/mol. The monoisotopic (exact) mass is 448 g/mol. The highest BCUT2D eigenvalue weighted by Gasteiger charge is 2.06. The second kappa shape index (κ2) is 9.82. The summed E-state index contributed by atoms with van der Waals surface area (Å²) in [5.41, 5.74) is 2.12. The van der Waals surface area contributed by atoms with Gasteiger partial charge in [0.2, 0.25) is 0 Å². The molecule has 1 aromatic heterocycles. The molecule has 23 heavy (non-hydrogen) atoms. The molecule has 1 heterocycles. The minimum Gasteiger partial charge on any atom is -0.352 e. The van der Waals surface area contributed by atoms with E-state index < -0.39 is 0 Å². The maximum absolute atomic E-state index is 12.9. The molecule has 0 aliphatic carbocycles. The lowest BCUT2D eigenvalue weighted by molar-refractivity contribution is 0.626. The summed E-state index contributed by atoms with van der Waals surface area (Å²) in [4.78, 5) is 8.75. The first-order valence-electron chi connectivity index (χ1n) is 7.21. The van der Waals surface area contributed by atoms with Crippen LogP contribution < -0.4 is 10.6 Å². The molecule has 0 saturated heterocycles. The number of halogens is 2. The molecule has 0 fully saturated rings. The molecular formula is C16H22FIN4S. The maximum atomic E-state index is 12.9. The Balaban J connectivity index is 0.00000264. The summed E-state index contributed by atoms with van der Waals surface area (Å²) in [5.74, 6) is 0.919. The fourth-order valence-electron chi connectivity index (χ4n) is 1.84. The van der Waals surface area contributed by atoms with Crippen LogP contribution in [-0.4, -0.2) is 18.0 Å². The average Bonchev–Trinajstić information content (AvgIpc) is 2.98. The number of hydrogen-bond acceptors (Lipinski definition) is 3. The molecule has 7 heteroatoms. The van der Waals surface area contributed by atoms with Gasteiger partial charge in [0.1, 0.15) is 10.8 Å². The van der Waals surface area contributed by atoms with Gasteiger partial charge in [-0.15, -0.1) is 35.3 Å². The van der Waals surface area contributed by atoms with E-state index in [-0.39, 0.29) is 29.8 Å². The standard InChI is InChI=1S/C16H21FN4S.HI/c1-11(2)14-10-22-15(21-14)9-20-16(18-3)19-8-12-4-6-13(17)7-5-12;/h4-7,10-11H,8-9H2,1-3H3,(H2,18,19,20);1H. The zero-order valence-electron chi connectivity index (χ0n) is 13.5. The second-order valence-corrected chi connectivity index (χ2v) is 6.17. The van der Waals surface area contributed by atoms with E-state index >= 15 is 0 Å². The van der Waals surface area contributed by atoms with Gasteiger partial charge in [-0.05, 0) is 23.6 Å². The number of thiazole rings is 1. The van der Waals surface area contributed by atoms with E-state index in [1.807, 2.05) is 0 Å². The molecule has 0 atom stereocenters. The molecule has 0 bridgehead atoms. The van der Waals surface area contributed by atoms with Crippen LogP contribution in [0, 0.1) is 5.82 Å². The summed E-state index contributed by atoms with van der Waals surface area (Å²) in [6, 6.07) is 6.42. The second-order valence-electron chi connectivity index (χ2n) is 5.23. The Hall–Kier alpha value is -1.22. The van der Waals surface area contributed by atoms with Crippen molar-refractivity contribution in [3.8, 4) is 0 Å². The largest absolute Gasteiger partial charge is 0.352 e. The minimum absolute atomic E-state index is 0. The fraction of sp³-hybridized carbons (Fsp3) is 0.375. The van der Waals surface area contributed by atoms with E-state index in [9.17, 15) is 4.39 Å². The van der Waals surface area contributed by atoms with E-state index in [1.54, 1.807) is 30.5 Å². The predicted octanol–water partition coefficient (Wildman–Crippen LogP) is 3.89. The van der Waals surface area contributed by atoms with Crippen LogP contribution in [0.1, 0.15) is 36.0 Å². The normalized spacial score (nSPS) is 11.3. The van der Waals surface area contributed by atoms with Gasteiger partial charge in [0.15, 0.2) is 5.96 Å². The third kappa shape index (κ3) is 6.42. The molecule has 0 saturated carbocycles. The van der Waals surface area contributed by atoms with E-state index in [2.05, 4.69) is 39.8 Å². The Kier molecular flexibility index (Phi) is 8.46. The Labute approximate surface area is 157 Å². The number of aromatic nitrogens is 1. The highest BCUT2D eigenvalue weighted by atomic mass is 127. The van der Waals surface area contributed by atoms with Crippen LogP contribution in [0.4, 0.5) is 4.39 Å². The van der Waals surface area contributed by atoms with Crippen molar-refractivity contribution in [2.45, 2.75) is 32.9 Å². The predicted molar refractivity (Wildman–Crippen MR) is 105 cm³/mol. The van der Waals surface area contributed by atoms with Crippen LogP contribution >= 0.6 is 35.3 Å². The van der Waals surface area contributed by atoms with Crippen molar-refractivity contribution in [1.29, 1.82) is 0 Å². The molecule has 0 radical (unpaired) electrons. The van der Waals surface area contributed by atoms with Crippen molar-refractivity contribution >= 4 is 41.3 Å². The molecule has 0 unspecified atom stereocenters. The third-order valence-corrected chi connectivity index (χ3v) is 4.03. The Morgan fingerprint density at radius 1 is 1.22 bits per heavy atom. The number of rotatable bonds is 5. The van der Waals surface area contributed by atoms with Crippen LogP contribution in [0.3, 0.4) is 0 Å². The van der Waals surface area contributed by atoms with Gasteiger partial charge in [-0.25, -0.2) is 9.37 Å². The molecule has 0 spiro atoms. The number of hydrogen-bond donors (Lipinski definition) is 2. The van der Waals surface area contributed by atoms with Crippen molar-refractivity contribution in [3.05, 3.63) is 51.7 Å². The Morgan fingerprint density at radius 2 is 1.87 bits per heavy atom. The number of nitrogens with zero attached hydrogens (tertiary/aromatic N) is 2. The lowest BCUT2D eigenvalue weighted by Crippen LogP contribution is -2.36. The van der Waals surface area contributed by atoms with Gasteiger partial charge in [-0.3, -0.25) is 4.99 Å². The summed E-state index contributed by atoms with van der Waals surface area (Å²) in [5, 5.41) is 9.56. The molecular weight excluding hydrogens is 426 g/mol. The highest BCUT2D eigenvalue weighted by molar-refractivity contribution is 14.0. The first-order valence-corrected chi connectivity index (χ1v) is 8.09. The molecule has 1 aromatic carbocycles. The SMILES string of the molecule is CN=C(NCc1ccc(F)cc1)NCc1nc(C(C)C)cs1.I. The molecule has 0 amide bonds. The molecule has 0 aliphatic heterocycles. The van der Waals surface area contributed by atoms with Crippen LogP contribution in [-0.2, 0) is 13.1 Å². The van der Waals surface area contributed by atoms with Crippen LogP contribution in [0.2, 0.25) is 0 Å². The smallest absolute Gasteiger partial charge is 0.191 e. The van der Waals surface area contributed by atoms with E-state index in [0.717, 1.165) is 16.3 Å². The van der Waals surface area contributed by atoms with Gasteiger partial charge in [0.05, 0.1) is 12.2 Å². The topological polar surface area (TPSA) is 49.3 Å². The summed E-state index contributed by atoms with van der Waals surface area (Å²) in [7, 11) is 1.72. The fourth-order valence-corrected chi connectivity index (χ4v) is 2.73. The summed E-state index contributed by atoms with van der Waals surface area (Å²) >= 11 is 1.65. The summed E-state index contributed by atoms with van der Waals surface area (Å²) in [6.07, 6.45) is 0. The third-order valence-electron chi connectivity index (χ3n) is 3.16. The number of aliphatic imine (C=N–C) groups is 1. The van der Waals surface area contributed by atoms with Crippen molar-refractivity contribution in [3.63, 3.8) is 0 Å². The van der Waals surface area contributed by atoms with Gasteiger partial charge in [0.25, 0.3) is 0 Å². The van der Waals surface area contributed by atoms with Crippen molar-refractivity contribution in [2.75, 3.05) is 7.05 Å². The van der Waals surface area contributed by atoms with Crippen LogP contribution in [0.15, 0.2) is 34.6 Å². The van der Waals surface area contributed by atoms with E-state index in [4.69, 9.17) is 0 Å². The minimum atomic E-state index is -0.226. The quantitative estimate of drug-likeness (QED) is 0.415. The van der Waals surface area contributed by atoms with Crippen LogP contribution in [0.25, 0.3) is 0 Å². The van der Waals surface area contributed by atoms with Gasteiger partial charge in [-0.2, -0.15) is 0 Å². The number of guanidine groups is 1. The van der Waals surface area contributed by atoms with Gasteiger partial charge in [0, 0.05) is 19.0 Å². The van der Waals surface area contributed by atoms with Crippen molar-refractivity contribution in [1.82, 2.24) is 15.6 Å². The van der Waals surface area contributed by atoms with E-state index in [0.29, 0.717) is 25.0 Å². The lowest BCUT2D eigenvalue weighted by atomic mass is 10.2. The van der Waals surface area contributed by atoms with Gasteiger partial charge in [-0.1, -0.05) is 26.0 Å². The Bertz CT molecular complexity index is 625. The first kappa shape index (κ1) is 19.8. The molecule has 126 valence electrons. The highest BCUT2D eigenvalue weighted by Crippen LogP contribution is 2.17. The van der Waals surface area contributed by atoms with Gasteiger partial charge < -0.3 is 10.6 Å². The van der Waals surface area contributed by atoms with Gasteiger partial charge >= 0.3 is 0 Å². The van der Waals surface area contributed by atoms with Crippen LogP contribution in [0.5, 0.6) is 0 Å². The maximum Gasteiger partial charge on any atom is 0.191 e. The zero-order chi connectivity index (χ0) is 15.9. The molecule has 4 nitrogen and oxygen atoms in total. The zero-order valence-corrected chi connectivity index (χ0v) is 16.6. The number of nitrogens with one attached hydrogen (secondary N) is 2. The number of benzene rings is 1. The molecule has 2 aromatic rings. The summed E-state index contributed by atoms with van der Waals surface area (Å²) < 4.78 is 12.9. The van der Waals surface area contributed by atoms with Crippen molar-refractivity contribution < 1.29 is 4.39 Å². The van der Waals surface area contributed by atoms with E-state index in [1.165, 1.54) is 12.1 Å². The Morgan fingerprint density at radius 3 is 2.43 bits per heavy atom. The lowest BCUT2D eigenvalue weighted by Gasteiger charge is -2.11. The molecule has 2 rings (SSSR count). The van der Waals surface area contributed by atoms with Crippen molar-refractivity contribution in [2.24, 2.45) is 4.99 Å². The first-order chi connectivity index (χ1) is 10.6. The molecule has 0 aliphatic rings.